The van der Waals surface area contributed by atoms with E-state index in [-0.39, 0.29) is 6.03 Å². The lowest BCUT2D eigenvalue weighted by Gasteiger charge is -2.34. The van der Waals surface area contributed by atoms with Crippen molar-refractivity contribution in [2.75, 3.05) is 50.8 Å². The zero-order chi connectivity index (χ0) is 17.2. The minimum Gasteiger partial charge on any atom is -0.423 e. The van der Waals surface area contributed by atoms with Crippen LogP contribution in [0.2, 0.25) is 0 Å². The van der Waals surface area contributed by atoms with Crippen molar-refractivity contribution in [1.82, 2.24) is 15.2 Å². The molecule has 1 atom stereocenters. The van der Waals surface area contributed by atoms with E-state index in [1.165, 1.54) is 0 Å². The number of hydrogen-bond donors (Lipinski definition) is 1. The Bertz CT molecular complexity index is 664. The van der Waals surface area contributed by atoms with Crippen molar-refractivity contribution in [3.63, 3.8) is 0 Å². The number of carbonyl (C=O) groups excluding carboxylic acids is 1. The number of hydrogen-bond acceptors (Lipinski definition) is 6. The first-order valence-corrected chi connectivity index (χ1v) is 9.01. The Morgan fingerprint density at radius 3 is 2.72 bits per heavy atom. The molecule has 0 spiro atoms. The van der Waals surface area contributed by atoms with Gasteiger partial charge in [-0.05, 0) is 19.3 Å². The summed E-state index contributed by atoms with van der Waals surface area (Å²) in [5.41, 5.74) is 0.362. The predicted molar refractivity (Wildman–Crippen MR) is 89.3 cm³/mol. The van der Waals surface area contributed by atoms with Crippen molar-refractivity contribution in [3.05, 3.63) is 11.6 Å². The first-order valence-electron chi connectivity index (χ1n) is 9.01. The van der Waals surface area contributed by atoms with Gasteiger partial charge in [-0.25, -0.2) is 9.78 Å². The van der Waals surface area contributed by atoms with E-state index in [9.17, 15) is 10.1 Å². The zero-order valence-corrected chi connectivity index (χ0v) is 14.2. The molecule has 3 heterocycles. The molecule has 2 aliphatic heterocycles. The highest BCUT2D eigenvalue weighted by molar-refractivity contribution is 5.74. The molecule has 8 nitrogen and oxygen atoms in total. The Balaban J connectivity index is 1.30. The standard InChI is InChI=1S/C17H23N5O3/c18-9-14-16(25-15(20-14)13-1-2-13)21-4-6-22(7-5-21)17(23)19-10-12-3-8-24-11-12/h12-13H,1-8,10-11H2,(H,19,23)/t12-/m0/s1. The summed E-state index contributed by atoms with van der Waals surface area (Å²) < 4.78 is 11.2. The van der Waals surface area contributed by atoms with Crippen LogP contribution in [0.4, 0.5) is 10.7 Å². The first kappa shape index (κ1) is 16.2. The van der Waals surface area contributed by atoms with E-state index in [1.54, 1.807) is 0 Å². The summed E-state index contributed by atoms with van der Waals surface area (Å²) in [6, 6.07) is 2.11. The normalized spacial score (nSPS) is 23.6. The fourth-order valence-corrected chi connectivity index (χ4v) is 3.32. The van der Waals surface area contributed by atoms with Gasteiger partial charge >= 0.3 is 6.03 Å². The number of nitrogens with one attached hydrogen (secondary N) is 1. The molecule has 3 aliphatic rings. The number of urea groups is 1. The van der Waals surface area contributed by atoms with Gasteiger partial charge in [0.2, 0.25) is 17.5 Å². The van der Waals surface area contributed by atoms with Crippen LogP contribution < -0.4 is 10.2 Å². The van der Waals surface area contributed by atoms with Crippen LogP contribution in [-0.2, 0) is 4.74 Å². The first-order chi connectivity index (χ1) is 12.2. The van der Waals surface area contributed by atoms with E-state index < -0.39 is 0 Å². The van der Waals surface area contributed by atoms with Gasteiger partial charge < -0.3 is 24.3 Å². The number of aromatic nitrogens is 1. The van der Waals surface area contributed by atoms with Crippen LogP contribution in [0.25, 0.3) is 0 Å². The van der Waals surface area contributed by atoms with Crippen LogP contribution in [0.3, 0.4) is 0 Å². The topological polar surface area (TPSA) is 94.6 Å². The highest BCUT2D eigenvalue weighted by Gasteiger charge is 2.32. The van der Waals surface area contributed by atoms with Gasteiger partial charge in [0.1, 0.15) is 6.07 Å². The Kier molecular flexibility index (Phi) is 4.49. The fraction of sp³-hybridized carbons (Fsp3) is 0.706. The van der Waals surface area contributed by atoms with Crippen LogP contribution in [-0.4, -0.2) is 61.9 Å². The minimum atomic E-state index is -0.0247. The Labute approximate surface area is 146 Å². The van der Waals surface area contributed by atoms with Crippen LogP contribution in [0, 0.1) is 17.2 Å². The van der Waals surface area contributed by atoms with Crippen molar-refractivity contribution in [2.45, 2.75) is 25.2 Å². The second-order valence-corrected chi connectivity index (χ2v) is 6.98. The van der Waals surface area contributed by atoms with Crippen LogP contribution in [0.1, 0.15) is 36.8 Å². The predicted octanol–water partition coefficient (Wildman–Crippen LogP) is 1.29. The maximum atomic E-state index is 12.3. The largest absolute Gasteiger partial charge is 0.423 e. The summed E-state index contributed by atoms with van der Waals surface area (Å²) in [5.74, 6) is 2.06. The smallest absolute Gasteiger partial charge is 0.317 e. The number of carbonyl (C=O) groups is 1. The number of nitriles is 1. The summed E-state index contributed by atoms with van der Waals surface area (Å²) in [6.45, 7) is 4.71. The number of ether oxygens (including phenoxy) is 1. The fourth-order valence-electron chi connectivity index (χ4n) is 3.32. The van der Waals surface area contributed by atoms with E-state index in [2.05, 4.69) is 16.4 Å². The Morgan fingerprint density at radius 2 is 2.08 bits per heavy atom. The van der Waals surface area contributed by atoms with Gasteiger partial charge in [0, 0.05) is 51.2 Å². The summed E-state index contributed by atoms with van der Waals surface area (Å²) >= 11 is 0. The van der Waals surface area contributed by atoms with Gasteiger partial charge in [-0.3, -0.25) is 0 Å². The van der Waals surface area contributed by atoms with Gasteiger partial charge in [-0.2, -0.15) is 5.26 Å². The summed E-state index contributed by atoms with van der Waals surface area (Å²) in [5, 5.41) is 12.3. The molecular formula is C17H23N5O3. The molecule has 0 radical (unpaired) electrons. The van der Waals surface area contributed by atoms with Gasteiger partial charge in [0.05, 0.1) is 6.61 Å². The Morgan fingerprint density at radius 1 is 1.28 bits per heavy atom. The average Bonchev–Trinajstić information content (AvgIpc) is 3.20. The van der Waals surface area contributed by atoms with Crippen molar-refractivity contribution in [3.8, 4) is 6.07 Å². The van der Waals surface area contributed by atoms with E-state index in [0.717, 1.165) is 32.5 Å². The molecule has 4 rings (SSSR count). The van der Waals surface area contributed by atoms with Gasteiger partial charge in [-0.15, -0.1) is 0 Å². The molecule has 2 saturated heterocycles. The second-order valence-electron chi connectivity index (χ2n) is 6.98. The average molecular weight is 345 g/mol. The second kappa shape index (κ2) is 6.92. The van der Waals surface area contributed by atoms with Crippen molar-refractivity contribution >= 4 is 11.9 Å². The molecule has 1 N–H and O–H groups in total. The van der Waals surface area contributed by atoms with Gasteiger partial charge in [-0.1, -0.05) is 0 Å². The Hall–Kier alpha value is -2.27. The molecule has 0 aromatic carbocycles. The summed E-state index contributed by atoms with van der Waals surface area (Å²) in [7, 11) is 0. The van der Waals surface area contributed by atoms with E-state index >= 15 is 0 Å². The van der Waals surface area contributed by atoms with Crippen molar-refractivity contribution in [1.29, 1.82) is 5.26 Å². The van der Waals surface area contributed by atoms with Crippen LogP contribution in [0.5, 0.6) is 0 Å². The SMILES string of the molecule is N#Cc1nc(C2CC2)oc1N1CCN(C(=O)NC[C@@H]2CCOC2)CC1. The van der Waals surface area contributed by atoms with E-state index in [1.807, 2.05) is 9.80 Å². The number of amides is 2. The van der Waals surface area contributed by atoms with Crippen molar-refractivity contribution < 1.29 is 13.9 Å². The molecule has 3 fully saturated rings. The quantitative estimate of drug-likeness (QED) is 0.884. The maximum absolute atomic E-state index is 12.3. The monoisotopic (exact) mass is 345 g/mol. The molecule has 134 valence electrons. The molecule has 1 aromatic heterocycles. The van der Waals surface area contributed by atoms with Gasteiger partial charge in [0.15, 0.2) is 0 Å². The number of oxazole rings is 1. The molecule has 1 aromatic rings. The highest BCUT2D eigenvalue weighted by atomic mass is 16.5. The summed E-state index contributed by atoms with van der Waals surface area (Å²) in [6.07, 6.45) is 3.19. The molecule has 8 heteroatoms. The van der Waals surface area contributed by atoms with Gasteiger partial charge in [0.25, 0.3) is 0 Å². The number of piperazine rings is 1. The minimum absolute atomic E-state index is 0.0247. The lowest BCUT2D eigenvalue weighted by Crippen LogP contribution is -2.52. The number of anilines is 1. The third kappa shape index (κ3) is 3.56. The lowest BCUT2D eigenvalue weighted by molar-refractivity contribution is 0.179. The highest BCUT2D eigenvalue weighted by Crippen LogP contribution is 2.41. The molecular weight excluding hydrogens is 322 g/mol. The molecule has 0 bridgehead atoms. The lowest BCUT2D eigenvalue weighted by atomic mass is 10.1. The molecule has 2 amide bonds. The molecule has 1 saturated carbocycles. The number of rotatable bonds is 4. The van der Waals surface area contributed by atoms with E-state index in [0.29, 0.717) is 62.0 Å². The van der Waals surface area contributed by atoms with Crippen molar-refractivity contribution in [2.24, 2.45) is 5.92 Å². The van der Waals surface area contributed by atoms with E-state index in [4.69, 9.17) is 9.15 Å². The zero-order valence-electron chi connectivity index (χ0n) is 14.2. The molecule has 1 aliphatic carbocycles. The number of nitrogens with zero attached hydrogens (tertiary/aromatic N) is 4. The van der Waals surface area contributed by atoms with Crippen LogP contribution >= 0.6 is 0 Å². The summed E-state index contributed by atoms with van der Waals surface area (Å²) in [4.78, 5) is 20.4. The third-order valence-corrected chi connectivity index (χ3v) is 5.08. The maximum Gasteiger partial charge on any atom is 0.317 e. The molecule has 25 heavy (non-hydrogen) atoms. The third-order valence-electron chi connectivity index (χ3n) is 5.08. The molecule has 0 unspecified atom stereocenters. The van der Waals surface area contributed by atoms with Crippen LogP contribution in [0.15, 0.2) is 4.42 Å².